The van der Waals surface area contributed by atoms with E-state index in [1.54, 1.807) is 18.2 Å². The number of aromatic hydroxyl groups is 1. The first kappa shape index (κ1) is 43.5. The number of methoxy groups -OCH3 is 1. The molecule has 2 bridgehead atoms. The van der Waals surface area contributed by atoms with Gasteiger partial charge in [0.2, 0.25) is 6.29 Å². The first-order chi connectivity index (χ1) is 31.5. The second kappa shape index (κ2) is 17.1. The molecule has 5 aliphatic rings. The number of phenolic OH excluding ortho intramolecular Hbond substituents is 1. The molecule has 15 heteroatoms. The molecule has 0 radical (unpaired) electrons. The number of ketones is 1. The standard InChI is InChI=1S/C50H56N4O11/c1-51-18-25-10-14-36-32(16-25)34(20-53-36)38-15-13-31-39(62-3)17-33-29-12-11-26-6-4-8-28(26)41(29)43(37(56)22-54-21-35-27(19-52-2)7-5-9-30(35)48(54)60)45(58)42(33)46(31)65-49-50(61,24-55)47(59)44(57)40(64-49)23-63-38/h5,7,9-10,13-17,20,26,28,38,40,44,47,49,51-53,55,57-59,61H,4,6,8,11-12,18-19,21-24H2,1-3H3/b15-13+/t26-,28-,38+,40+,44+,47-,49+,50+/m0/s1. The highest BCUT2D eigenvalue weighted by Crippen LogP contribution is 2.55. The second-order valence-corrected chi connectivity index (χ2v) is 18.2. The second-order valence-electron chi connectivity index (χ2n) is 18.2. The van der Waals surface area contributed by atoms with Crippen molar-refractivity contribution in [2.24, 2.45) is 5.92 Å². The number of aliphatic hydroxyl groups excluding tert-OH is 3. The lowest BCUT2D eigenvalue weighted by atomic mass is 9.72. The Morgan fingerprint density at radius 1 is 1.05 bits per heavy atom. The zero-order chi connectivity index (χ0) is 45.3. The van der Waals surface area contributed by atoms with Crippen LogP contribution >= 0.6 is 0 Å². The summed E-state index contributed by atoms with van der Waals surface area (Å²) in [5.41, 5.74) is 4.52. The predicted octanol–water partition coefficient (Wildman–Crippen LogP) is 4.48. The number of fused-ring (bicyclic) bond motifs is 11. The molecule has 2 aliphatic carbocycles. The monoisotopic (exact) mass is 888 g/mol. The topological polar surface area (TPSA) is 215 Å². The van der Waals surface area contributed by atoms with E-state index in [0.717, 1.165) is 70.0 Å². The van der Waals surface area contributed by atoms with Gasteiger partial charge in [0.1, 0.15) is 41.7 Å². The van der Waals surface area contributed by atoms with Crippen LogP contribution in [0.25, 0.3) is 27.8 Å². The number of aryl methyl sites for hydroxylation is 1. The molecule has 5 aromatic rings. The summed E-state index contributed by atoms with van der Waals surface area (Å²) in [4.78, 5) is 33.9. The maximum absolute atomic E-state index is 15.1. The number of Topliss-reactive ketones (excluding diaryl/α,β-unsaturated/α-hetero) is 1. The van der Waals surface area contributed by atoms with Gasteiger partial charge < -0.3 is 65.0 Å². The van der Waals surface area contributed by atoms with Crippen molar-refractivity contribution in [3.05, 3.63) is 105 Å². The largest absolute Gasteiger partial charge is 0.506 e. The third-order valence-corrected chi connectivity index (χ3v) is 14.6. The highest BCUT2D eigenvalue weighted by atomic mass is 16.7. The van der Waals surface area contributed by atoms with Crippen molar-refractivity contribution in [2.45, 2.75) is 94.0 Å². The van der Waals surface area contributed by atoms with E-state index in [1.165, 1.54) is 12.0 Å². The number of hydrogen-bond acceptors (Lipinski definition) is 13. The minimum absolute atomic E-state index is 0.00740. The van der Waals surface area contributed by atoms with Crippen LogP contribution in [0.5, 0.6) is 17.2 Å². The molecule has 10 rings (SSSR count). The number of aromatic nitrogens is 1. The van der Waals surface area contributed by atoms with Gasteiger partial charge in [-0.3, -0.25) is 9.59 Å². The normalized spacial score (nSPS) is 27.7. The summed E-state index contributed by atoms with van der Waals surface area (Å²) in [5.74, 6) is -0.452. The lowest BCUT2D eigenvalue weighted by Crippen LogP contribution is -2.69. The molecule has 0 unspecified atom stereocenters. The van der Waals surface area contributed by atoms with Gasteiger partial charge in [-0.15, -0.1) is 0 Å². The molecule has 15 nitrogen and oxygen atoms in total. The van der Waals surface area contributed by atoms with E-state index in [9.17, 15) is 30.3 Å². The Hall–Kier alpha value is -5.36. The molecule has 0 spiro atoms. The van der Waals surface area contributed by atoms with Crippen LogP contribution < -0.4 is 20.1 Å². The fraction of sp³-hybridized carbons (Fsp3) is 0.440. The zero-order valence-electron chi connectivity index (χ0n) is 36.7. The Morgan fingerprint density at radius 2 is 1.88 bits per heavy atom. The molecule has 342 valence electrons. The highest BCUT2D eigenvalue weighted by molar-refractivity contribution is 6.13. The number of carbonyl (C=O) groups is 2. The Balaban J connectivity index is 1.18. The average Bonchev–Trinajstić information content (AvgIpc) is 4.04. The van der Waals surface area contributed by atoms with Crippen LogP contribution in [0.15, 0.2) is 54.7 Å². The van der Waals surface area contributed by atoms with Crippen molar-refractivity contribution in [1.29, 1.82) is 0 Å². The van der Waals surface area contributed by atoms with E-state index in [4.69, 9.17) is 18.9 Å². The van der Waals surface area contributed by atoms with E-state index in [-0.39, 0.29) is 59.5 Å². The summed E-state index contributed by atoms with van der Waals surface area (Å²) in [6.45, 7) is -0.185. The third kappa shape index (κ3) is 7.11. The maximum atomic E-state index is 15.1. The number of nitrogens with zero attached hydrogens (tertiary/aromatic N) is 1. The zero-order valence-corrected chi connectivity index (χ0v) is 36.7. The van der Waals surface area contributed by atoms with E-state index < -0.39 is 48.7 Å². The Kier molecular flexibility index (Phi) is 11.5. The molecule has 8 N–H and O–H groups in total. The highest BCUT2D eigenvalue weighted by Gasteiger charge is 2.57. The van der Waals surface area contributed by atoms with Crippen molar-refractivity contribution in [2.75, 3.05) is 41.0 Å². The van der Waals surface area contributed by atoms with Crippen molar-refractivity contribution in [1.82, 2.24) is 20.5 Å². The Bertz CT molecular complexity index is 2730. The summed E-state index contributed by atoms with van der Waals surface area (Å²) in [6.07, 6.45) is 2.09. The van der Waals surface area contributed by atoms with Gasteiger partial charge in [0.25, 0.3) is 5.91 Å². The number of carbonyl (C=O) groups excluding carboxylic acids is 2. The molecule has 3 aliphatic heterocycles. The molecule has 1 saturated carbocycles. The quantitative estimate of drug-likeness (QED) is 0.0910. The molecule has 4 aromatic carbocycles. The van der Waals surface area contributed by atoms with Crippen molar-refractivity contribution < 1.29 is 54.1 Å². The molecule has 65 heavy (non-hydrogen) atoms. The minimum Gasteiger partial charge on any atom is -0.506 e. The van der Waals surface area contributed by atoms with Gasteiger partial charge in [-0.25, -0.2) is 0 Å². The summed E-state index contributed by atoms with van der Waals surface area (Å²) in [6, 6.07) is 13.5. The van der Waals surface area contributed by atoms with Crippen molar-refractivity contribution >= 4 is 39.4 Å². The summed E-state index contributed by atoms with van der Waals surface area (Å²) >= 11 is 0. The van der Waals surface area contributed by atoms with E-state index in [1.807, 2.05) is 50.6 Å². The number of aromatic amines is 1. The number of rotatable bonds is 10. The van der Waals surface area contributed by atoms with Crippen molar-refractivity contribution in [3.63, 3.8) is 0 Å². The van der Waals surface area contributed by atoms with Crippen LogP contribution in [-0.2, 0) is 35.5 Å². The molecule has 1 saturated heterocycles. The molecular formula is C50H56N4O11. The number of ether oxygens (including phenoxy) is 4. The summed E-state index contributed by atoms with van der Waals surface area (Å²) < 4.78 is 25.6. The Labute approximate surface area is 375 Å². The van der Waals surface area contributed by atoms with Gasteiger partial charge in [-0.05, 0) is 115 Å². The fourth-order valence-electron chi connectivity index (χ4n) is 11.3. The van der Waals surface area contributed by atoms with E-state index in [0.29, 0.717) is 42.1 Å². The van der Waals surface area contributed by atoms with Crippen LogP contribution in [0.4, 0.5) is 0 Å². The number of aliphatic hydroxyl groups is 4. The van der Waals surface area contributed by atoms with E-state index in [2.05, 4.69) is 21.7 Å². The number of hydrogen-bond donors (Lipinski definition) is 8. The van der Waals surface area contributed by atoms with Gasteiger partial charge in [-0.1, -0.05) is 30.7 Å². The average molecular weight is 889 g/mol. The van der Waals surface area contributed by atoms with Gasteiger partial charge in [0.05, 0.1) is 43.4 Å². The van der Waals surface area contributed by atoms with Crippen LogP contribution in [0, 0.1) is 5.92 Å². The van der Waals surface area contributed by atoms with E-state index >= 15 is 4.79 Å². The van der Waals surface area contributed by atoms with Crippen LogP contribution in [0.2, 0.25) is 0 Å². The predicted molar refractivity (Wildman–Crippen MR) is 241 cm³/mol. The van der Waals surface area contributed by atoms with Gasteiger partial charge >= 0.3 is 0 Å². The first-order valence-electron chi connectivity index (χ1n) is 22.6. The van der Waals surface area contributed by atoms with Crippen molar-refractivity contribution in [3.8, 4) is 17.2 Å². The smallest absolute Gasteiger partial charge is 0.254 e. The van der Waals surface area contributed by atoms with Crippen LogP contribution in [0.3, 0.4) is 0 Å². The van der Waals surface area contributed by atoms with Gasteiger partial charge in [-0.2, -0.15) is 0 Å². The Morgan fingerprint density at radius 3 is 2.66 bits per heavy atom. The number of phenols is 1. The number of amides is 1. The molecule has 8 atom stereocenters. The fourth-order valence-corrected chi connectivity index (χ4v) is 11.3. The van der Waals surface area contributed by atoms with Crippen LogP contribution in [0.1, 0.15) is 97.4 Å². The third-order valence-electron chi connectivity index (χ3n) is 14.6. The molecular weight excluding hydrogens is 833 g/mol. The first-order valence-corrected chi connectivity index (χ1v) is 22.6. The number of benzene rings is 4. The van der Waals surface area contributed by atoms with Crippen LogP contribution in [-0.4, -0.2) is 118 Å². The van der Waals surface area contributed by atoms with Gasteiger partial charge in [0.15, 0.2) is 11.4 Å². The minimum atomic E-state index is -2.56. The van der Waals surface area contributed by atoms with Gasteiger partial charge in [0, 0.05) is 47.9 Å². The molecule has 1 aromatic heterocycles. The summed E-state index contributed by atoms with van der Waals surface area (Å²) in [5, 5.41) is 66.4. The lowest BCUT2D eigenvalue weighted by Gasteiger charge is -2.47. The summed E-state index contributed by atoms with van der Waals surface area (Å²) in [7, 11) is 5.22. The molecule has 4 heterocycles. The SMILES string of the molecule is CNCc1ccc2[nH]cc([C@H]3/C=C/c4c(OC)cc5c6c(c(C(=O)CN7Cc8c(CNC)cccc8C7=O)c(O)c5c4O[C@H]4O[C@H](CO3)[C@@H](O)[C@H](O)[C@]4(O)CO)[C@H]3CCC[C@H]3CC6)c2c1. The molecule has 2 fully saturated rings. The maximum Gasteiger partial charge on any atom is 0.254 e. The number of nitrogens with one attached hydrogen (secondary N) is 3. The molecule has 1 amide bonds. The number of H-pyrrole nitrogens is 1. The lowest BCUT2D eigenvalue weighted by molar-refractivity contribution is -0.329.